The van der Waals surface area contributed by atoms with E-state index in [9.17, 15) is 19.5 Å². The SMILES string of the molecule is C=CCOc1ccc(C[C@H](NC(=O)[C@@H](CCCN=C(N)N)NC(=O)COc2ccc3ccccc3c2-c2c(O)ccc3ccccc23)C(=O)OC)cc1.Cl. The number of methoxy groups -OCH3 is 1. The first kappa shape index (κ1) is 40.5. The molecule has 2 atom stereocenters. The molecule has 54 heavy (non-hydrogen) atoms. The van der Waals surface area contributed by atoms with Gasteiger partial charge in [0.25, 0.3) is 5.91 Å². The molecular weight excluding hydrogens is 710 g/mol. The predicted octanol–water partition coefficient (Wildman–Crippen LogP) is 5.17. The van der Waals surface area contributed by atoms with Gasteiger partial charge in [0.05, 0.1) is 7.11 Å². The highest BCUT2D eigenvalue weighted by Crippen LogP contribution is 2.44. The molecule has 282 valence electrons. The van der Waals surface area contributed by atoms with Gasteiger partial charge >= 0.3 is 5.97 Å². The highest BCUT2D eigenvalue weighted by atomic mass is 35.5. The van der Waals surface area contributed by atoms with Crippen LogP contribution < -0.4 is 31.6 Å². The summed E-state index contributed by atoms with van der Waals surface area (Å²) in [5.74, 6) is -0.884. The Kier molecular flexibility index (Phi) is 14.7. The van der Waals surface area contributed by atoms with Crippen LogP contribution in [0, 0.1) is 0 Å². The van der Waals surface area contributed by atoms with Gasteiger partial charge in [0.2, 0.25) is 5.91 Å². The quantitative estimate of drug-likeness (QED) is 0.0281. The highest BCUT2D eigenvalue weighted by Gasteiger charge is 2.28. The number of nitrogens with one attached hydrogen (secondary N) is 2. The molecule has 0 bridgehead atoms. The Morgan fingerprint density at radius 3 is 2.13 bits per heavy atom. The van der Waals surface area contributed by atoms with Crippen molar-refractivity contribution in [1.82, 2.24) is 10.6 Å². The van der Waals surface area contributed by atoms with Crippen LogP contribution in [0.5, 0.6) is 17.2 Å². The number of aliphatic imine (C=N–C) groups is 1. The summed E-state index contributed by atoms with van der Waals surface area (Å²) < 4.78 is 16.7. The number of phenolic OH excluding ortho intramolecular Hbond substituents is 1. The third kappa shape index (κ3) is 10.4. The number of halogens is 1. The number of carbonyl (C=O) groups excluding carboxylic acids is 3. The highest BCUT2D eigenvalue weighted by molar-refractivity contribution is 6.09. The Morgan fingerprint density at radius 1 is 0.833 bits per heavy atom. The van der Waals surface area contributed by atoms with Crippen molar-refractivity contribution < 1.29 is 33.7 Å². The lowest BCUT2D eigenvalue weighted by Gasteiger charge is -2.23. The van der Waals surface area contributed by atoms with E-state index in [0.717, 1.165) is 27.1 Å². The maximum Gasteiger partial charge on any atom is 0.328 e. The first-order chi connectivity index (χ1) is 25.7. The van der Waals surface area contributed by atoms with E-state index in [1.54, 1.807) is 42.5 Å². The van der Waals surface area contributed by atoms with E-state index in [-0.39, 0.29) is 43.5 Å². The number of rotatable bonds is 17. The summed E-state index contributed by atoms with van der Waals surface area (Å²) in [6.45, 7) is 3.75. The summed E-state index contributed by atoms with van der Waals surface area (Å²) in [6.07, 6.45) is 2.27. The molecule has 12 nitrogen and oxygen atoms in total. The average molecular weight is 754 g/mol. The molecule has 0 aliphatic carbocycles. The number of nitrogens with zero attached hydrogens (tertiary/aromatic N) is 1. The summed E-state index contributed by atoms with van der Waals surface area (Å²) in [5, 5.41) is 20.1. The van der Waals surface area contributed by atoms with Crippen LogP contribution in [0.2, 0.25) is 0 Å². The maximum atomic E-state index is 13.7. The van der Waals surface area contributed by atoms with E-state index in [0.29, 0.717) is 35.7 Å². The average Bonchev–Trinajstić information content (AvgIpc) is 3.17. The lowest BCUT2D eigenvalue weighted by atomic mass is 9.92. The van der Waals surface area contributed by atoms with Crippen molar-refractivity contribution >= 4 is 57.7 Å². The molecule has 0 aliphatic rings. The van der Waals surface area contributed by atoms with Gasteiger partial charge < -0.3 is 41.4 Å². The van der Waals surface area contributed by atoms with Gasteiger partial charge in [-0.1, -0.05) is 85.5 Å². The van der Waals surface area contributed by atoms with E-state index in [1.165, 1.54) is 7.11 Å². The fourth-order valence-electron chi connectivity index (χ4n) is 6.02. The molecule has 0 radical (unpaired) electrons. The van der Waals surface area contributed by atoms with E-state index in [1.807, 2.05) is 60.7 Å². The van der Waals surface area contributed by atoms with Crippen LogP contribution in [0.4, 0.5) is 0 Å². The van der Waals surface area contributed by atoms with Crippen molar-refractivity contribution in [2.24, 2.45) is 16.5 Å². The largest absolute Gasteiger partial charge is 0.507 e. The Hall–Kier alpha value is -6.27. The second-order valence-electron chi connectivity index (χ2n) is 12.2. The number of fused-ring (bicyclic) bond motifs is 2. The summed E-state index contributed by atoms with van der Waals surface area (Å²) in [7, 11) is 1.23. The van der Waals surface area contributed by atoms with Gasteiger partial charge in [0.15, 0.2) is 12.6 Å². The Labute approximate surface area is 319 Å². The van der Waals surface area contributed by atoms with Gasteiger partial charge in [-0.05, 0) is 64.2 Å². The summed E-state index contributed by atoms with van der Waals surface area (Å²) in [4.78, 5) is 44.0. The van der Waals surface area contributed by atoms with Gasteiger partial charge in [-0.3, -0.25) is 14.6 Å². The van der Waals surface area contributed by atoms with Crippen LogP contribution in [0.1, 0.15) is 18.4 Å². The van der Waals surface area contributed by atoms with Crippen LogP contribution in [-0.4, -0.2) is 67.8 Å². The molecule has 0 spiro atoms. The fraction of sp³-hybridized carbons (Fsp3) is 0.220. The van der Waals surface area contributed by atoms with E-state index >= 15 is 0 Å². The van der Waals surface area contributed by atoms with Crippen molar-refractivity contribution in [3.8, 4) is 28.4 Å². The Balaban J connectivity index is 0.00000650. The van der Waals surface area contributed by atoms with Crippen molar-refractivity contribution in [3.63, 3.8) is 0 Å². The number of hydrogen-bond acceptors (Lipinski definition) is 8. The standard InChI is InChI=1S/C41H43N5O7.ClH/c1-3-23-52-29-18-14-26(15-19-29)24-33(40(50)51-2)46-39(49)32(13-8-22-44-41(42)43)45-36(48)25-53-35-21-17-28-10-5-7-12-31(28)38(35)37-30-11-6-4-9-27(30)16-20-34(37)47;/h3-7,9-12,14-21,32-33,47H,1,8,13,22-25H2,2H3,(H,45,48)(H,46,49)(H4,42,43,44);1H/t32-,33+;/m1./s1. The number of esters is 1. The van der Waals surface area contributed by atoms with Crippen molar-refractivity contribution in [2.75, 3.05) is 26.9 Å². The maximum absolute atomic E-state index is 13.7. The zero-order valence-corrected chi connectivity index (χ0v) is 30.6. The number of aromatic hydroxyl groups is 1. The predicted molar refractivity (Wildman–Crippen MR) is 213 cm³/mol. The summed E-state index contributed by atoms with van der Waals surface area (Å²) in [6, 6.07) is 27.5. The summed E-state index contributed by atoms with van der Waals surface area (Å²) in [5.41, 5.74) is 12.9. The molecule has 13 heteroatoms. The van der Waals surface area contributed by atoms with Crippen LogP contribution in [0.15, 0.2) is 115 Å². The number of nitrogens with two attached hydrogens (primary N) is 2. The third-order valence-corrected chi connectivity index (χ3v) is 8.54. The van der Waals surface area contributed by atoms with E-state index in [2.05, 4.69) is 22.2 Å². The number of guanidine groups is 1. The zero-order chi connectivity index (χ0) is 37.7. The second-order valence-corrected chi connectivity index (χ2v) is 12.2. The molecule has 5 aromatic carbocycles. The lowest BCUT2D eigenvalue weighted by Crippen LogP contribution is -2.53. The molecule has 0 saturated carbocycles. The molecule has 7 N–H and O–H groups in total. The lowest BCUT2D eigenvalue weighted by molar-refractivity contribution is -0.145. The Morgan fingerprint density at radius 2 is 1.48 bits per heavy atom. The molecule has 5 rings (SSSR count). The topological polar surface area (TPSA) is 188 Å². The normalized spacial score (nSPS) is 11.7. The van der Waals surface area contributed by atoms with Crippen LogP contribution >= 0.6 is 12.4 Å². The van der Waals surface area contributed by atoms with E-state index < -0.39 is 36.5 Å². The molecule has 0 unspecified atom stereocenters. The molecule has 5 aromatic rings. The summed E-state index contributed by atoms with van der Waals surface area (Å²) >= 11 is 0. The number of hydrogen-bond donors (Lipinski definition) is 5. The molecule has 0 aliphatic heterocycles. The fourth-order valence-corrected chi connectivity index (χ4v) is 6.02. The van der Waals surface area contributed by atoms with Gasteiger partial charge in [-0.15, -0.1) is 12.4 Å². The molecular formula is C41H44ClN5O7. The monoisotopic (exact) mass is 753 g/mol. The third-order valence-electron chi connectivity index (χ3n) is 8.54. The van der Waals surface area contributed by atoms with Gasteiger partial charge in [0, 0.05) is 24.1 Å². The second kappa shape index (κ2) is 19.5. The van der Waals surface area contributed by atoms with Gasteiger partial charge in [0.1, 0.15) is 35.9 Å². The number of phenols is 1. The van der Waals surface area contributed by atoms with E-state index in [4.69, 9.17) is 25.7 Å². The first-order valence-electron chi connectivity index (χ1n) is 17.1. The number of ether oxygens (including phenoxy) is 3. The number of amides is 2. The zero-order valence-electron chi connectivity index (χ0n) is 29.8. The van der Waals surface area contributed by atoms with Crippen LogP contribution in [-0.2, 0) is 25.5 Å². The molecule has 0 aromatic heterocycles. The molecule has 0 heterocycles. The number of benzene rings is 5. The van der Waals surface area contributed by atoms with Gasteiger partial charge in [-0.2, -0.15) is 0 Å². The van der Waals surface area contributed by atoms with Crippen LogP contribution in [0.25, 0.3) is 32.7 Å². The number of carbonyl (C=O) groups is 3. The van der Waals surface area contributed by atoms with Gasteiger partial charge in [-0.25, -0.2) is 4.79 Å². The van der Waals surface area contributed by atoms with Crippen molar-refractivity contribution in [2.45, 2.75) is 31.3 Å². The first-order valence-corrected chi connectivity index (χ1v) is 17.1. The minimum absolute atomic E-state index is 0. The van der Waals surface area contributed by atoms with Crippen molar-refractivity contribution in [3.05, 3.63) is 115 Å². The van der Waals surface area contributed by atoms with Crippen LogP contribution in [0.3, 0.4) is 0 Å². The molecule has 0 fully saturated rings. The Bertz CT molecular complexity index is 2120. The van der Waals surface area contributed by atoms with Crippen molar-refractivity contribution in [1.29, 1.82) is 0 Å². The smallest absolute Gasteiger partial charge is 0.328 e. The molecule has 0 saturated heterocycles. The molecule has 2 amide bonds. The minimum atomic E-state index is -1.07. The minimum Gasteiger partial charge on any atom is -0.507 e.